The van der Waals surface area contributed by atoms with Crippen molar-refractivity contribution in [3.05, 3.63) is 17.0 Å². The van der Waals surface area contributed by atoms with Gasteiger partial charge in [-0.15, -0.1) is 0 Å². The topological polar surface area (TPSA) is 58.8 Å². The number of carbonyl (C=O) groups is 1. The van der Waals surface area contributed by atoms with Crippen molar-refractivity contribution in [3.63, 3.8) is 0 Å². The molecular weight excluding hydrogens is 306 g/mol. The summed E-state index contributed by atoms with van der Waals surface area (Å²) >= 11 is 0. The van der Waals surface area contributed by atoms with E-state index in [1.165, 1.54) is 12.8 Å². The van der Waals surface area contributed by atoms with Crippen LogP contribution in [0, 0.1) is 13.8 Å². The molecule has 0 aromatic carbocycles. The van der Waals surface area contributed by atoms with E-state index >= 15 is 0 Å². The van der Waals surface area contributed by atoms with Crippen LogP contribution in [0.25, 0.3) is 0 Å². The van der Waals surface area contributed by atoms with Gasteiger partial charge < -0.3 is 14.2 Å². The van der Waals surface area contributed by atoms with E-state index in [1.54, 1.807) is 0 Å². The summed E-state index contributed by atoms with van der Waals surface area (Å²) in [4.78, 5) is 17.2. The lowest BCUT2D eigenvalue weighted by Crippen LogP contribution is -2.62. The molecule has 1 aromatic rings. The van der Waals surface area contributed by atoms with Crippen LogP contribution in [-0.4, -0.2) is 65.8 Å². The van der Waals surface area contributed by atoms with E-state index in [4.69, 9.17) is 9.26 Å². The first-order valence-corrected chi connectivity index (χ1v) is 9.13. The first-order valence-electron chi connectivity index (χ1n) is 9.13. The van der Waals surface area contributed by atoms with E-state index in [2.05, 4.69) is 17.0 Å². The molecular formula is C18H29N3O3. The third-order valence-electron chi connectivity index (χ3n) is 5.36. The molecule has 0 N–H and O–H groups in total. The van der Waals surface area contributed by atoms with Crippen LogP contribution in [0.1, 0.15) is 43.2 Å². The summed E-state index contributed by atoms with van der Waals surface area (Å²) in [6, 6.07) is 0.875. The maximum Gasteiger partial charge on any atom is 0.223 e. The smallest absolute Gasteiger partial charge is 0.223 e. The zero-order valence-corrected chi connectivity index (χ0v) is 15.1. The van der Waals surface area contributed by atoms with Gasteiger partial charge in [0.2, 0.25) is 5.91 Å². The monoisotopic (exact) mass is 335 g/mol. The van der Waals surface area contributed by atoms with Gasteiger partial charge in [-0.3, -0.25) is 9.69 Å². The average molecular weight is 335 g/mol. The minimum Gasteiger partial charge on any atom is -0.378 e. The lowest BCUT2D eigenvalue weighted by atomic mass is 10.0. The molecule has 134 valence electrons. The molecule has 0 spiro atoms. The number of aryl methyl sites for hydroxylation is 2. The quantitative estimate of drug-likeness (QED) is 0.823. The lowest BCUT2D eigenvalue weighted by molar-refractivity contribution is -0.139. The molecule has 0 saturated carbocycles. The van der Waals surface area contributed by atoms with Crippen molar-refractivity contribution in [2.24, 2.45) is 0 Å². The molecule has 24 heavy (non-hydrogen) atoms. The van der Waals surface area contributed by atoms with Crippen LogP contribution < -0.4 is 0 Å². The summed E-state index contributed by atoms with van der Waals surface area (Å²) in [7, 11) is 0. The van der Waals surface area contributed by atoms with Gasteiger partial charge in [0.15, 0.2) is 0 Å². The third kappa shape index (κ3) is 3.64. The second-order valence-corrected chi connectivity index (χ2v) is 7.01. The largest absolute Gasteiger partial charge is 0.378 e. The van der Waals surface area contributed by atoms with Gasteiger partial charge in [0.05, 0.1) is 24.9 Å². The van der Waals surface area contributed by atoms with Crippen molar-refractivity contribution in [1.82, 2.24) is 15.0 Å². The average Bonchev–Trinajstić information content (AvgIpc) is 2.91. The Labute approximate surface area is 144 Å². The molecule has 1 amide bonds. The third-order valence-corrected chi connectivity index (χ3v) is 5.36. The maximum absolute atomic E-state index is 12.6. The van der Waals surface area contributed by atoms with Crippen molar-refractivity contribution >= 4 is 5.91 Å². The fourth-order valence-electron chi connectivity index (χ4n) is 3.99. The Hall–Kier alpha value is -1.40. The number of hydrogen-bond acceptors (Lipinski definition) is 5. The van der Waals surface area contributed by atoms with E-state index in [9.17, 15) is 4.79 Å². The van der Waals surface area contributed by atoms with Crippen molar-refractivity contribution in [2.45, 2.75) is 58.5 Å². The molecule has 6 nitrogen and oxygen atoms in total. The van der Waals surface area contributed by atoms with E-state index in [-0.39, 0.29) is 5.91 Å². The van der Waals surface area contributed by atoms with Crippen LogP contribution in [0.2, 0.25) is 0 Å². The molecule has 2 saturated heterocycles. The van der Waals surface area contributed by atoms with Gasteiger partial charge >= 0.3 is 0 Å². The number of fused-ring (bicyclic) bond motifs is 1. The molecule has 0 radical (unpaired) electrons. The fraction of sp³-hybridized carbons (Fsp3) is 0.778. The Morgan fingerprint density at radius 2 is 2.12 bits per heavy atom. The van der Waals surface area contributed by atoms with Gasteiger partial charge in [0, 0.05) is 37.7 Å². The van der Waals surface area contributed by atoms with Crippen LogP contribution in [0.5, 0.6) is 0 Å². The summed E-state index contributed by atoms with van der Waals surface area (Å²) in [6.07, 6.45) is 3.59. The second-order valence-electron chi connectivity index (χ2n) is 7.01. The number of nitrogens with zero attached hydrogens (tertiary/aromatic N) is 3. The van der Waals surface area contributed by atoms with Gasteiger partial charge in [-0.1, -0.05) is 18.5 Å². The summed E-state index contributed by atoms with van der Waals surface area (Å²) in [6.45, 7) is 10.2. The highest BCUT2D eigenvalue weighted by Crippen LogP contribution is 2.22. The minimum absolute atomic E-state index is 0.229. The predicted octanol–water partition coefficient (Wildman–Crippen LogP) is 1.94. The molecule has 2 fully saturated rings. The number of rotatable bonds is 5. The predicted molar refractivity (Wildman–Crippen MR) is 90.9 cm³/mol. The summed E-state index contributed by atoms with van der Waals surface area (Å²) in [5.41, 5.74) is 1.97. The Bertz CT molecular complexity index is 550. The molecule has 0 bridgehead atoms. The molecule has 2 aliphatic rings. The highest BCUT2D eigenvalue weighted by Gasteiger charge is 2.36. The highest BCUT2D eigenvalue weighted by molar-refractivity contribution is 5.76. The van der Waals surface area contributed by atoms with Crippen LogP contribution >= 0.6 is 0 Å². The van der Waals surface area contributed by atoms with Crippen LogP contribution in [0.4, 0.5) is 0 Å². The van der Waals surface area contributed by atoms with Crippen molar-refractivity contribution < 1.29 is 14.1 Å². The van der Waals surface area contributed by atoms with Gasteiger partial charge in [-0.2, -0.15) is 0 Å². The Kier molecular flexibility index (Phi) is 5.56. The lowest BCUT2D eigenvalue weighted by Gasteiger charge is -2.48. The van der Waals surface area contributed by atoms with E-state index < -0.39 is 0 Å². The molecule has 3 rings (SSSR count). The molecule has 1 aromatic heterocycles. The van der Waals surface area contributed by atoms with Gasteiger partial charge in [0.25, 0.3) is 0 Å². The first kappa shape index (κ1) is 17.4. The molecule has 0 aliphatic carbocycles. The Morgan fingerprint density at radius 3 is 2.83 bits per heavy atom. The second kappa shape index (κ2) is 7.66. The first-order chi connectivity index (χ1) is 11.6. The van der Waals surface area contributed by atoms with E-state index in [0.29, 0.717) is 24.9 Å². The molecule has 2 aliphatic heterocycles. The highest BCUT2D eigenvalue weighted by atomic mass is 16.5. The summed E-state index contributed by atoms with van der Waals surface area (Å²) in [5.74, 6) is 1.06. The standard InChI is InChI=1S/C18H29N3O3/c1-4-5-15-11-23-12-16-10-20(8-9-21(15)16)18(22)7-6-17-13(2)19-24-14(17)3/h15-16H,4-12H2,1-3H3/t15-,16+/m0/s1. The van der Waals surface area contributed by atoms with Gasteiger partial charge in [-0.05, 0) is 26.7 Å². The number of morpholine rings is 1. The molecule has 0 unspecified atom stereocenters. The number of piperazine rings is 1. The zero-order valence-electron chi connectivity index (χ0n) is 15.1. The summed E-state index contributed by atoms with van der Waals surface area (Å²) < 4.78 is 11.0. The SMILES string of the molecule is CCC[C@H]1COC[C@H]2CN(C(=O)CCc3c(C)noc3C)CCN12. The van der Waals surface area contributed by atoms with Gasteiger partial charge in [-0.25, -0.2) is 0 Å². The van der Waals surface area contributed by atoms with Crippen LogP contribution in [0.15, 0.2) is 4.52 Å². The fourth-order valence-corrected chi connectivity index (χ4v) is 3.99. The zero-order chi connectivity index (χ0) is 17.1. The van der Waals surface area contributed by atoms with Crippen molar-refractivity contribution in [3.8, 4) is 0 Å². The maximum atomic E-state index is 12.6. The Balaban J connectivity index is 1.54. The van der Waals surface area contributed by atoms with Crippen molar-refractivity contribution in [2.75, 3.05) is 32.8 Å². The number of carbonyl (C=O) groups excluding carboxylic acids is 1. The molecule has 2 atom stereocenters. The van der Waals surface area contributed by atoms with Crippen molar-refractivity contribution in [1.29, 1.82) is 0 Å². The normalized spacial score (nSPS) is 24.9. The Morgan fingerprint density at radius 1 is 1.29 bits per heavy atom. The van der Waals surface area contributed by atoms with E-state index in [0.717, 1.165) is 49.9 Å². The van der Waals surface area contributed by atoms with E-state index in [1.807, 2.05) is 18.7 Å². The van der Waals surface area contributed by atoms with Crippen LogP contribution in [-0.2, 0) is 16.0 Å². The number of aromatic nitrogens is 1. The number of ether oxygens (including phenoxy) is 1. The molecule has 6 heteroatoms. The minimum atomic E-state index is 0.229. The van der Waals surface area contributed by atoms with Gasteiger partial charge in [0.1, 0.15) is 5.76 Å². The number of hydrogen-bond donors (Lipinski definition) is 0. The number of amides is 1. The van der Waals surface area contributed by atoms with Crippen LogP contribution in [0.3, 0.4) is 0 Å². The molecule has 3 heterocycles. The summed E-state index contributed by atoms with van der Waals surface area (Å²) in [5, 5.41) is 3.96.